The van der Waals surface area contributed by atoms with E-state index in [9.17, 15) is 4.79 Å². The number of halogens is 2. The number of carbonyl (C=O) groups is 1. The van der Waals surface area contributed by atoms with Crippen LogP contribution in [0.5, 0.6) is 0 Å². The third kappa shape index (κ3) is 5.15. The van der Waals surface area contributed by atoms with Gasteiger partial charge >= 0.3 is 0 Å². The average molecular weight is 330 g/mol. The highest BCUT2D eigenvalue weighted by Crippen LogP contribution is 2.25. The molecule has 0 atom stereocenters. The standard InChI is InChI=1S/C15H21Cl2N3O/c1-2-19-7-9-20(10-8-19)6-5-15(21)18-12-3-4-13(16)14(17)11-12/h3-4,11H,2,5-10H2,1H3,(H,18,21). The molecule has 4 nitrogen and oxygen atoms in total. The Balaban J connectivity index is 1.73. The zero-order chi connectivity index (χ0) is 15.2. The molecule has 1 N–H and O–H groups in total. The normalized spacial score (nSPS) is 16.9. The molecule has 116 valence electrons. The minimum absolute atomic E-state index is 0.00584. The van der Waals surface area contributed by atoms with Crippen molar-refractivity contribution in [1.29, 1.82) is 0 Å². The van der Waals surface area contributed by atoms with Gasteiger partial charge in [0.15, 0.2) is 0 Å². The summed E-state index contributed by atoms with van der Waals surface area (Å²) >= 11 is 11.8. The Bertz CT molecular complexity index is 488. The number of rotatable bonds is 5. The first-order valence-corrected chi connectivity index (χ1v) is 8.03. The summed E-state index contributed by atoms with van der Waals surface area (Å²) in [6, 6.07) is 5.11. The van der Waals surface area contributed by atoms with E-state index in [1.54, 1.807) is 18.2 Å². The summed E-state index contributed by atoms with van der Waals surface area (Å²) in [5, 5.41) is 3.79. The Kier molecular flexibility index (Phi) is 6.30. The van der Waals surface area contributed by atoms with Crippen LogP contribution in [-0.2, 0) is 4.79 Å². The Hall–Kier alpha value is -0.810. The van der Waals surface area contributed by atoms with Gasteiger partial charge in [0.25, 0.3) is 0 Å². The van der Waals surface area contributed by atoms with Crippen LogP contribution >= 0.6 is 23.2 Å². The van der Waals surface area contributed by atoms with E-state index in [1.165, 1.54) is 0 Å². The molecule has 1 aliphatic rings. The number of anilines is 1. The Labute approximate surface area is 136 Å². The highest BCUT2D eigenvalue weighted by molar-refractivity contribution is 6.42. The molecule has 0 aromatic heterocycles. The molecule has 1 amide bonds. The number of hydrogen-bond acceptors (Lipinski definition) is 3. The molecule has 21 heavy (non-hydrogen) atoms. The van der Waals surface area contributed by atoms with Gasteiger partial charge in [0.2, 0.25) is 5.91 Å². The fourth-order valence-electron chi connectivity index (χ4n) is 2.39. The number of nitrogens with one attached hydrogen (secondary N) is 1. The summed E-state index contributed by atoms with van der Waals surface area (Å²) in [5.41, 5.74) is 0.685. The molecular formula is C15H21Cl2N3O. The Morgan fingerprint density at radius 2 is 1.81 bits per heavy atom. The predicted molar refractivity (Wildman–Crippen MR) is 88.3 cm³/mol. The van der Waals surface area contributed by atoms with Crippen LogP contribution in [0.1, 0.15) is 13.3 Å². The number of likely N-dealkylation sites (N-methyl/N-ethyl adjacent to an activating group) is 1. The van der Waals surface area contributed by atoms with Crippen molar-refractivity contribution >= 4 is 34.8 Å². The van der Waals surface area contributed by atoms with Gasteiger partial charge in [0, 0.05) is 44.8 Å². The van der Waals surface area contributed by atoms with Crippen LogP contribution in [0.25, 0.3) is 0 Å². The number of benzene rings is 1. The highest BCUT2D eigenvalue weighted by Gasteiger charge is 2.16. The van der Waals surface area contributed by atoms with Crippen molar-refractivity contribution in [2.24, 2.45) is 0 Å². The molecule has 0 saturated carbocycles. The number of nitrogens with zero attached hydrogens (tertiary/aromatic N) is 2. The van der Waals surface area contributed by atoms with E-state index in [2.05, 4.69) is 22.0 Å². The van der Waals surface area contributed by atoms with Crippen LogP contribution < -0.4 is 5.32 Å². The monoisotopic (exact) mass is 329 g/mol. The second-order valence-corrected chi connectivity index (χ2v) is 6.02. The van der Waals surface area contributed by atoms with Crippen LogP contribution in [0.2, 0.25) is 10.0 Å². The number of hydrogen-bond donors (Lipinski definition) is 1. The lowest BCUT2D eigenvalue weighted by molar-refractivity contribution is -0.116. The third-order valence-electron chi connectivity index (χ3n) is 3.77. The minimum Gasteiger partial charge on any atom is -0.326 e. The van der Waals surface area contributed by atoms with Crippen molar-refractivity contribution in [1.82, 2.24) is 9.80 Å². The second-order valence-electron chi connectivity index (χ2n) is 5.20. The summed E-state index contributed by atoms with van der Waals surface area (Å²) in [6.45, 7) is 8.33. The first-order valence-electron chi connectivity index (χ1n) is 7.28. The van der Waals surface area contributed by atoms with Gasteiger partial charge < -0.3 is 15.1 Å². The summed E-state index contributed by atoms with van der Waals surface area (Å²) in [5.74, 6) is 0.00584. The van der Waals surface area contributed by atoms with Gasteiger partial charge in [-0.3, -0.25) is 4.79 Å². The second kappa shape index (κ2) is 7.99. The predicted octanol–water partition coefficient (Wildman–Crippen LogP) is 2.96. The molecule has 1 heterocycles. The van der Waals surface area contributed by atoms with Crippen LogP contribution in [-0.4, -0.2) is 55.0 Å². The first kappa shape index (κ1) is 16.6. The summed E-state index contributed by atoms with van der Waals surface area (Å²) in [6.07, 6.45) is 0.492. The van der Waals surface area contributed by atoms with E-state index in [0.29, 0.717) is 22.2 Å². The van der Waals surface area contributed by atoms with Crippen molar-refractivity contribution < 1.29 is 4.79 Å². The van der Waals surface area contributed by atoms with Crippen molar-refractivity contribution in [3.05, 3.63) is 28.2 Å². The maximum absolute atomic E-state index is 11.9. The van der Waals surface area contributed by atoms with E-state index in [1.807, 2.05) is 0 Å². The number of carbonyl (C=O) groups excluding carboxylic acids is 1. The van der Waals surface area contributed by atoms with Gasteiger partial charge in [-0.25, -0.2) is 0 Å². The minimum atomic E-state index is 0.00584. The van der Waals surface area contributed by atoms with E-state index in [-0.39, 0.29) is 5.91 Å². The van der Waals surface area contributed by atoms with Gasteiger partial charge in [-0.05, 0) is 24.7 Å². The Morgan fingerprint density at radius 1 is 1.14 bits per heavy atom. The molecule has 0 aliphatic carbocycles. The molecule has 0 spiro atoms. The van der Waals surface area contributed by atoms with Gasteiger partial charge in [-0.2, -0.15) is 0 Å². The molecule has 0 radical (unpaired) electrons. The third-order valence-corrected chi connectivity index (χ3v) is 4.51. The molecule has 1 aromatic rings. The lowest BCUT2D eigenvalue weighted by Crippen LogP contribution is -2.46. The molecule has 1 fully saturated rings. The topological polar surface area (TPSA) is 35.6 Å². The maximum Gasteiger partial charge on any atom is 0.225 e. The highest BCUT2D eigenvalue weighted by atomic mass is 35.5. The fourth-order valence-corrected chi connectivity index (χ4v) is 2.68. The smallest absolute Gasteiger partial charge is 0.225 e. The zero-order valence-electron chi connectivity index (χ0n) is 12.2. The summed E-state index contributed by atoms with van der Waals surface area (Å²) in [4.78, 5) is 16.7. The van der Waals surface area contributed by atoms with Crippen LogP contribution in [0, 0.1) is 0 Å². The lowest BCUT2D eigenvalue weighted by atomic mass is 10.2. The summed E-state index contributed by atoms with van der Waals surface area (Å²) in [7, 11) is 0. The number of piperazine rings is 1. The Morgan fingerprint density at radius 3 is 2.43 bits per heavy atom. The SMILES string of the molecule is CCN1CCN(CCC(=O)Nc2ccc(Cl)c(Cl)c2)CC1. The van der Waals surface area contributed by atoms with E-state index in [0.717, 1.165) is 39.3 Å². The van der Waals surface area contributed by atoms with Crippen LogP contribution in [0.3, 0.4) is 0 Å². The van der Waals surface area contributed by atoms with Crippen molar-refractivity contribution in [2.45, 2.75) is 13.3 Å². The molecule has 1 aromatic carbocycles. The van der Waals surface area contributed by atoms with E-state index >= 15 is 0 Å². The van der Waals surface area contributed by atoms with Gasteiger partial charge in [0.05, 0.1) is 10.0 Å². The van der Waals surface area contributed by atoms with Crippen molar-refractivity contribution in [3.8, 4) is 0 Å². The maximum atomic E-state index is 11.9. The molecule has 6 heteroatoms. The molecule has 1 aliphatic heterocycles. The van der Waals surface area contributed by atoms with Gasteiger partial charge in [-0.1, -0.05) is 30.1 Å². The van der Waals surface area contributed by atoms with Gasteiger partial charge in [-0.15, -0.1) is 0 Å². The fraction of sp³-hybridized carbons (Fsp3) is 0.533. The molecule has 1 saturated heterocycles. The zero-order valence-corrected chi connectivity index (χ0v) is 13.8. The van der Waals surface area contributed by atoms with E-state index in [4.69, 9.17) is 23.2 Å². The lowest BCUT2D eigenvalue weighted by Gasteiger charge is -2.33. The first-order chi connectivity index (χ1) is 10.1. The molecule has 0 unspecified atom stereocenters. The van der Waals surface area contributed by atoms with Crippen LogP contribution in [0.15, 0.2) is 18.2 Å². The molecule has 0 bridgehead atoms. The summed E-state index contributed by atoms with van der Waals surface area (Å²) < 4.78 is 0. The number of amides is 1. The van der Waals surface area contributed by atoms with Crippen molar-refractivity contribution in [2.75, 3.05) is 44.6 Å². The van der Waals surface area contributed by atoms with E-state index < -0.39 is 0 Å². The van der Waals surface area contributed by atoms with Crippen molar-refractivity contribution in [3.63, 3.8) is 0 Å². The van der Waals surface area contributed by atoms with Crippen LogP contribution in [0.4, 0.5) is 5.69 Å². The quantitative estimate of drug-likeness (QED) is 0.902. The average Bonchev–Trinajstić information content (AvgIpc) is 2.49. The molecular weight excluding hydrogens is 309 g/mol. The van der Waals surface area contributed by atoms with Gasteiger partial charge in [0.1, 0.15) is 0 Å². The largest absolute Gasteiger partial charge is 0.326 e. The molecule has 2 rings (SSSR count).